The lowest BCUT2D eigenvalue weighted by molar-refractivity contribution is -0.385. The quantitative estimate of drug-likeness (QED) is 0.462. The summed E-state index contributed by atoms with van der Waals surface area (Å²) in [5.41, 5.74) is 0.112. The standard InChI is InChI=1S/C11H11NO5/c1-2-5-17-10-4-3-8(7-11(13)14)6-9(10)12(15)16/h2-4,6H,1,5,7H2,(H,13,14). The van der Waals surface area contributed by atoms with Gasteiger partial charge in [-0.3, -0.25) is 14.9 Å². The van der Waals surface area contributed by atoms with E-state index in [0.717, 1.165) is 0 Å². The smallest absolute Gasteiger partial charge is 0.311 e. The maximum atomic E-state index is 10.8. The average molecular weight is 237 g/mol. The summed E-state index contributed by atoms with van der Waals surface area (Å²) in [6.45, 7) is 3.59. The summed E-state index contributed by atoms with van der Waals surface area (Å²) in [5.74, 6) is -0.942. The lowest BCUT2D eigenvalue weighted by Gasteiger charge is -2.05. The van der Waals surface area contributed by atoms with Crippen LogP contribution in [0.2, 0.25) is 0 Å². The molecule has 17 heavy (non-hydrogen) atoms. The Hall–Kier alpha value is -2.37. The van der Waals surface area contributed by atoms with Crippen molar-refractivity contribution in [3.05, 3.63) is 46.5 Å². The Morgan fingerprint density at radius 1 is 1.59 bits per heavy atom. The average Bonchev–Trinajstić information content (AvgIpc) is 2.26. The molecule has 0 aromatic heterocycles. The van der Waals surface area contributed by atoms with Crippen molar-refractivity contribution < 1.29 is 19.6 Å². The fraction of sp³-hybridized carbons (Fsp3) is 0.182. The van der Waals surface area contributed by atoms with Crippen molar-refractivity contribution in [3.8, 4) is 5.75 Å². The van der Waals surface area contributed by atoms with Crippen LogP contribution in [0.5, 0.6) is 5.75 Å². The number of nitrogens with zero attached hydrogens (tertiary/aromatic N) is 1. The number of benzene rings is 1. The van der Waals surface area contributed by atoms with E-state index in [1.54, 1.807) is 0 Å². The summed E-state index contributed by atoms with van der Waals surface area (Å²) < 4.78 is 5.10. The summed E-state index contributed by atoms with van der Waals surface area (Å²) in [5, 5.41) is 19.4. The van der Waals surface area contributed by atoms with Crippen LogP contribution in [0.15, 0.2) is 30.9 Å². The van der Waals surface area contributed by atoms with Crippen LogP contribution < -0.4 is 4.74 Å². The van der Waals surface area contributed by atoms with Crippen LogP contribution in [0, 0.1) is 10.1 Å². The van der Waals surface area contributed by atoms with Crippen molar-refractivity contribution >= 4 is 11.7 Å². The number of aliphatic carboxylic acids is 1. The van der Waals surface area contributed by atoms with E-state index in [9.17, 15) is 14.9 Å². The number of hydrogen-bond donors (Lipinski definition) is 1. The van der Waals surface area contributed by atoms with Gasteiger partial charge in [0.25, 0.3) is 0 Å². The van der Waals surface area contributed by atoms with Crippen LogP contribution in [-0.2, 0) is 11.2 Å². The summed E-state index contributed by atoms with van der Waals surface area (Å²) in [6.07, 6.45) is 1.21. The maximum absolute atomic E-state index is 10.8. The van der Waals surface area contributed by atoms with Crippen LogP contribution in [-0.4, -0.2) is 22.6 Å². The summed E-state index contributed by atoms with van der Waals surface area (Å²) in [4.78, 5) is 20.7. The van der Waals surface area contributed by atoms with E-state index in [2.05, 4.69) is 6.58 Å². The molecule has 0 spiro atoms. The number of nitro benzene ring substituents is 1. The Labute approximate surface area is 97.3 Å². The molecule has 0 aliphatic heterocycles. The predicted octanol–water partition coefficient (Wildman–Crippen LogP) is 1.79. The molecule has 0 bridgehead atoms. The van der Waals surface area contributed by atoms with Crippen molar-refractivity contribution in [2.75, 3.05) is 6.61 Å². The van der Waals surface area contributed by atoms with Gasteiger partial charge in [0.2, 0.25) is 0 Å². The normalized spacial score (nSPS) is 9.65. The molecule has 6 heteroatoms. The highest BCUT2D eigenvalue weighted by molar-refractivity contribution is 5.71. The highest BCUT2D eigenvalue weighted by Gasteiger charge is 2.16. The van der Waals surface area contributed by atoms with E-state index in [-0.39, 0.29) is 24.5 Å². The summed E-state index contributed by atoms with van der Waals surface area (Å²) >= 11 is 0. The van der Waals surface area contributed by atoms with Crippen LogP contribution in [0.1, 0.15) is 5.56 Å². The molecule has 6 nitrogen and oxygen atoms in total. The minimum atomic E-state index is -1.04. The molecule has 1 rings (SSSR count). The van der Waals surface area contributed by atoms with Gasteiger partial charge in [0.15, 0.2) is 5.75 Å². The van der Waals surface area contributed by atoms with Crippen LogP contribution in [0.3, 0.4) is 0 Å². The number of hydrogen-bond acceptors (Lipinski definition) is 4. The monoisotopic (exact) mass is 237 g/mol. The van der Waals surface area contributed by atoms with E-state index in [1.165, 1.54) is 24.3 Å². The fourth-order valence-corrected chi connectivity index (χ4v) is 1.26. The van der Waals surface area contributed by atoms with Gasteiger partial charge in [-0.05, 0) is 11.6 Å². The van der Waals surface area contributed by atoms with E-state index in [0.29, 0.717) is 5.56 Å². The zero-order valence-corrected chi connectivity index (χ0v) is 8.96. The third-order valence-corrected chi connectivity index (χ3v) is 1.93. The summed E-state index contributed by atoms with van der Waals surface area (Å²) in [6, 6.07) is 4.08. The molecule has 0 atom stereocenters. The van der Waals surface area contributed by atoms with Crippen LogP contribution in [0.25, 0.3) is 0 Å². The molecule has 0 radical (unpaired) electrons. The first kappa shape index (κ1) is 12.7. The molecule has 0 aliphatic carbocycles. The van der Waals surface area contributed by atoms with Gasteiger partial charge in [0.05, 0.1) is 11.3 Å². The van der Waals surface area contributed by atoms with E-state index < -0.39 is 10.9 Å². The van der Waals surface area contributed by atoms with Crippen molar-refractivity contribution in [1.29, 1.82) is 0 Å². The van der Waals surface area contributed by atoms with Crippen molar-refractivity contribution in [3.63, 3.8) is 0 Å². The molecule has 0 saturated heterocycles. The lowest BCUT2D eigenvalue weighted by Crippen LogP contribution is -2.03. The number of nitro groups is 1. The molecule has 0 fully saturated rings. The second-order valence-electron chi connectivity index (χ2n) is 3.23. The minimum absolute atomic E-state index is 0.101. The molecule has 0 saturated carbocycles. The zero-order valence-electron chi connectivity index (χ0n) is 8.96. The number of carboxylic acid groups (broad SMARTS) is 1. The summed E-state index contributed by atoms with van der Waals surface area (Å²) in [7, 11) is 0. The molecule has 90 valence electrons. The maximum Gasteiger partial charge on any atom is 0.311 e. The van der Waals surface area contributed by atoms with E-state index >= 15 is 0 Å². The minimum Gasteiger partial charge on any atom is -0.483 e. The second kappa shape index (κ2) is 5.64. The van der Waals surface area contributed by atoms with Crippen molar-refractivity contribution in [1.82, 2.24) is 0 Å². The molecule has 1 N–H and O–H groups in total. The number of carboxylic acids is 1. The second-order valence-corrected chi connectivity index (χ2v) is 3.23. The first-order chi connectivity index (χ1) is 8.04. The van der Waals surface area contributed by atoms with E-state index in [4.69, 9.17) is 9.84 Å². The van der Waals surface area contributed by atoms with Gasteiger partial charge in [-0.25, -0.2) is 0 Å². The molecule has 1 aromatic rings. The highest BCUT2D eigenvalue weighted by atomic mass is 16.6. The molecule has 0 aliphatic rings. The number of carbonyl (C=O) groups is 1. The Morgan fingerprint density at radius 2 is 2.29 bits per heavy atom. The topological polar surface area (TPSA) is 89.7 Å². The van der Waals surface area contributed by atoms with Crippen molar-refractivity contribution in [2.24, 2.45) is 0 Å². The molecular formula is C11H11NO5. The molecule has 0 unspecified atom stereocenters. The molecule has 1 aromatic carbocycles. The van der Waals surface area contributed by atoms with Gasteiger partial charge in [0, 0.05) is 6.07 Å². The Bertz CT molecular complexity index is 455. The fourth-order valence-electron chi connectivity index (χ4n) is 1.26. The van der Waals surface area contributed by atoms with Crippen LogP contribution in [0.4, 0.5) is 5.69 Å². The third kappa shape index (κ3) is 3.60. The highest BCUT2D eigenvalue weighted by Crippen LogP contribution is 2.28. The SMILES string of the molecule is C=CCOc1ccc(CC(=O)O)cc1[N+](=O)[O-]. The number of rotatable bonds is 6. The molecule has 0 amide bonds. The first-order valence-electron chi connectivity index (χ1n) is 4.77. The van der Waals surface area contributed by atoms with Gasteiger partial charge >= 0.3 is 11.7 Å². The van der Waals surface area contributed by atoms with Crippen LogP contribution >= 0.6 is 0 Å². The van der Waals surface area contributed by atoms with Gasteiger partial charge in [-0.1, -0.05) is 18.7 Å². The van der Waals surface area contributed by atoms with Gasteiger partial charge in [-0.2, -0.15) is 0 Å². The lowest BCUT2D eigenvalue weighted by atomic mass is 10.1. The van der Waals surface area contributed by atoms with Gasteiger partial charge in [-0.15, -0.1) is 0 Å². The van der Waals surface area contributed by atoms with Crippen molar-refractivity contribution in [2.45, 2.75) is 6.42 Å². The first-order valence-corrected chi connectivity index (χ1v) is 4.77. The largest absolute Gasteiger partial charge is 0.483 e. The predicted molar refractivity (Wildman–Crippen MR) is 60.1 cm³/mol. The Balaban J connectivity index is 3.03. The third-order valence-electron chi connectivity index (χ3n) is 1.93. The zero-order chi connectivity index (χ0) is 12.8. The van der Waals surface area contributed by atoms with Gasteiger partial charge in [0.1, 0.15) is 6.61 Å². The molecule has 0 heterocycles. The van der Waals surface area contributed by atoms with Gasteiger partial charge < -0.3 is 9.84 Å². The number of ether oxygens (including phenoxy) is 1. The Morgan fingerprint density at radius 3 is 2.82 bits per heavy atom. The Kier molecular flexibility index (Phi) is 4.21. The molecular weight excluding hydrogens is 226 g/mol. The van der Waals surface area contributed by atoms with E-state index in [1.807, 2.05) is 0 Å².